The monoisotopic (exact) mass is 350 g/mol. The molecule has 23 heavy (non-hydrogen) atoms. The number of thiophene rings is 1. The molecule has 3 unspecified atom stereocenters. The molecule has 0 spiro atoms. The van der Waals surface area contributed by atoms with Gasteiger partial charge in [-0.25, -0.2) is 0 Å². The molecule has 0 aliphatic carbocycles. The lowest BCUT2D eigenvalue weighted by atomic mass is 9.94. The Balaban J connectivity index is 2.03. The lowest BCUT2D eigenvalue weighted by Gasteiger charge is -2.19. The van der Waals surface area contributed by atoms with Crippen LogP contribution in [0.1, 0.15) is 53.8 Å². The van der Waals surface area contributed by atoms with Gasteiger partial charge in [0.2, 0.25) is 0 Å². The van der Waals surface area contributed by atoms with Crippen LogP contribution in [-0.4, -0.2) is 12.6 Å². The molecule has 2 aromatic rings. The van der Waals surface area contributed by atoms with E-state index in [0.29, 0.717) is 11.8 Å². The topological polar surface area (TPSA) is 52.0 Å². The largest absolute Gasteiger partial charge is 0.330 e. The fraction of sp³-hybridized carbons (Fsp3) is 0.474. The van der Waals surface area contributed by atoms with Gasteiger partial charge in [0.15, 0.2) is 0 Å². The summed E-state index contributed by atoms with van der Waals surface area (Å²) in [5.41, 5.74) is 13.4. The predicted octanol–water partition coefficient (Wildman–Crippen LogP) is 4.92. The van der Waals surface area contributed by atoms with E-state index in [9.17, 15) is 0 Å². The van der Waals surface area contributed by atoms with E-state index >= 15 is 0 Å². The lowest BCUT2D eigenvalue weighted by Crippen LogP contribution is -2.28. The van der Waals surface area contributed by atoms with E-state index in [-0.39, 0.29) is 6.04 Å². The van der Waals surface area contributed by atoms with Gasteiger partial charge < -0.3 is 11.5 Å². The standard InChI is InChI=1S/C19H27ClN2S/c1-3-15(10-11-21)19-9-8-18(23-19)13(2)17(22)12-14-4-6-16(20)7-5-14/h4-9,13,15,17H,3,10-12,21-22H2,1-2H3. The van der Waals surface area contributed by atoms with E-state index in [4.69, 9.17) is 23.1 Å². The Morgan fingerprint density at radius 2 is 1.74 bits per heavy atom. The molecular weight excluding hydrogens is 324 g/mol. The lowest BCUT2D eigenvalue weighted by molar-refractivity contribution is 0.571. The molecule has 3 atom stereocenters. The molecule has 0 bridgehead atoms. The van der Waals surface area contributed by atoms with Gasteiger partial charge in [0.1, 0.15) is 0 Å². The van der Waals surface area contributed by atoms with Crippen molar-refractivity contribution in [1.82, 2.24) is 0 Å². The molecule has 1 heterocycles. The summed E-state index contributed by atoms with van der Waals surface area (Å²) in [6.45, 7) is 5.20. The van der Waals surface area contributed by atoms with Gasteiger partial charge >= 0.3 is 0 Å². The minimum Gasteiger partial charge on any atom is -0.330 e. The first-order valence-corrected chi connectivity index (χ1v) is 9.54. The van der Waals surface area contributed by atoms with Crippen molar-refractivity contribution >= 4 is 22.9 Å². The summed E-state index contributed by atoms with van der Waals surface area (Å²) in [5.74, 6) is 0.929. The first kappa shape index (κ1) is 18.5. The van der Waals surface area contributed by atoms with E-state index in [1.165, 1.54) is 15.3 Å². The van der Waals surface area contributed by atoms with Crippen LogP contribution in [0.5, 0.6) is 0 Å². The highest BCUT2D eigenvalue weighted by Gasteiger charge is 2.19. The van der Waals surface area contributed by atoms with Crippen molar-refractivity contribution in [3.8, 4) is 0 Å². The summed E-state index contributed by atoms with van der Waals surface area (Å²) in [4.78, 5) is 2.82. The maximum Gasteiger partial charge on any atom is 0.0406 e. The van der Waals surface area contributed by atoms with Gasteiger partial charge in [-0.2, -0.15) is 0 Å². The molecular formula is C19H27ClN2S. The van der Waals surface area contributed by atoms with Gasteiger partial charge in [0.05, 0.1) is 0 Å². The molecule has 1 aromatic carbocycles. The molecule has 4 N–H and O–H groups in total. The van der Waals surface area contributed by atoms with Crippen molar-refractivity contribution in [2.45, 2.75) is 51.0 Å². The summed E-state index contributed by atoms with van der Waals surface area (Å²) in [7, 11) is 0. The zero-order chi connectivity index (χ0) is 16.8. The molecule has 126 valence electrons. The molecule has 4 heteroatoms. The maximum absolute atomic E-state index is 6.45. The summed E-state index contributed by atoms with van der Waals surface area (Å²) >= 11 is 7.84. The highest BCUT2D eigenvalue weighted by molar-refractivity contribution is 7.12. The third-order valence-electron chi connectivity index (χ3n) is 4.53. The highest BCUT2D eigenvalue weighted by atomic mass is 35.5. The third-order valence-corrected chi connectivity index (χ3v) is 6.23. The average molecular weight is 351 g/mol. The molecule has 0 saturated carbocycles. The smallest absolute Gasteiger partial charge is 0.0406 e. The van der Waals surface area contributed by atoms with E-state index in [2.05, 4.69) is 38.1 Å². The normalized spacial score (nSPS) is 15.3. The SMILES string of the molecule is CCC(CCN)c1ccc(C(C)C(N)Cc2ccc(Cl)cc2)s1. The van der Waals surface area contributed by atoms with Crippen molar-refractivity contribution in [2.75, 3.05) is 6.54 Å². The maximum atomic E-state index is 6.45. The Labute approximate surface area is 148 Å². The van der Waals surface area contributed by atoms with Crippen LogP contribution in [-0.2, 0) is 6.42 Å². The Morgan fingerprint density at radius 1 is 1.09 bits per heavy atom. The van der Waals surface area contributed by atoms with E-state index in [1.807, 2.05) is 23.5 Å². The number of nitrogens with two attached hydrogens (primary N) is 2. The van der Waals surface area contributed by atoms with Crippen molar-refractivity contribution in [1.29, 1.82) is 0 Å². The summed E-state index contributed by atoms with van der Waals surface area (Å²) in [6, 6.07) is 12.6. The molecule has 1 aromatic heterocycles. The molecule has 0 saturated heterocycles. The van der Waals surface area contributed by atoms with Gasteiger partial charge in [-0.1, -0.05) is 37.6 Å². The van der Waals surface area contributed by atoms with Crippen LogP contribution >= 0.6 is 22.9 Å². The number of rotatable bonds is 8. The molecule has 0 fully saturated rings. The zero-order valence-electron chi connectivity index (χ0n) is 14.0. The van der Waals surface area contributed by atoms with Crippen molar-refractivity contribution in [3.05, 3.63) is 56.7 Å². The minimum absolute atomic E-state index is 0.109. The Morgan fingerprint density at radius 3 is 2.35 bits per heavy atom. The summed E-state index contributed by atoms with van der Waals surface area (Å²) < 4.78 is 0. The van der Waals surface area contributed by atoms with Gasteiger partial charge in [-0.05, 0) is 61.6 Å². The Kier molecular flexibility index (Phi) is 7.09. The number of halogens is 1. The number of benzene rings is 1. The molecule has 2 rings (SSSR count). The van der Waals surface area contributed by atoms with Crippen LogP contribution in [0.25, 0.3) is 0 Å². The van der Waals surface area contributed by atoms with Crippen molar-refractivity contribution in [3.63, 3.8) is 0 Å². The van der Waals surface area contributed by atoms with Gasteiger partial charge in [0, 0.05) is 26.7 Å². The number of hydrogen-bond donors (Lipinski definition) is 2. The quantitative estimate of drug-likeness (QED) is 0.710. The molecule has 0 amide bonds. The van der Waals surface area contributed by atoms with Gasteiger partial charge in [-0.3, -0.25) is 0 Å². The molecule has 2 nitrogen and oxygen atoms in total. The van der Waals surface area contributed by atoms with Crippen molar-refractivity contribution in [2.24, 2.45) is 11.5 Å². The third kappa shape index (κ3) is 5.05. The second kappa shape index (κ2) is 8.84. The first-order valence-electron chi connectivity index (χ1n) is 8.34. The van der Waals surface area contributed by atoms with Crippen LogP contribution in [0.3, 0.4) is 0 Å². The number of hydrogen-bond acceptors (Lipinski definition) is 3. The van der Waals surface area contributed by atoms with Gasteiger partial charge in [-0.15, -0.1) is 11.3 Å². The van der Waals surface area contributed by atoms with Crippen LogP contribution in [0.2, 0.25) is 5.02 Å². The second-order valence-electron chi connectivity index (χ2n) is 6.21. The Hall–Kier alpha value is -0.870. The molecule has 0 aliphatic heterocycles. The minimum atomic E-state index is 0.109. The van der Waals surface area contributed by atoms with E-state index < -0.39 is 0 Å². The van der Waals surface area contributed by atoms with Gasteiger partial charge in [0.25, 0.3) is 0 Å². The van der Waals surface area contributed by atoms with E-state index in [0.717, 1.165) is 30.8 Å². The highest BCUT2D eigenvalue weighted by Crippen LogP contribution is 2.34. The van der Waals surface area contributed by atoms with Crippen LogP contribution in [0, 0.1) is 0 Å². The second-order valence-corrected chi connectivity index (χ2v) is 7.79. The van der Waals surface area contributed by atoms with Crippen LogP contribution in [0.4, 0.5) is 0 Å². The zero-order valence-corrected chi connectivity index (χ0v) is 15.5. The predicted molar refractivity (Wildman–Crippen MR) is 103 cm³/mol. The van der Waals surface area contributed by atoms with Crippen LogP contribution in [0.15, 0.2) is 36.4 Å². The van der Waals surface area contributed by atoms with Crippen molar-refractivity contribution < 1.29 is 0 Å². The fourth-order valence-corrected chi connectivity index (χ4v) is 4.34. The summed E-state index contributed by atoms with van der Waals surface area (Å²) in [5, 5.41) is 0.767. The van der Waals surface area contributed by atoms with E-state index in [1.54, 1.807) is 0 Å². The average Bonchev–Trinajstić information content (AvgIpc) is 3.03. The summed E-state index contributed by atoms with van der Waals surface area (Å²) in [6.07, 6.45) is 3.07. The fourth-order valence-electron chi connectivity index (χ4n) is 2.86. The Bertz CT molecular complexity index is 594. The molecule has 0 radical (unpaired) electrons. The first-order chi connectivity index (χ1) is 11.0. The molecule has 0 aliphatic rings. The van der Waals surface area contributed by atoms with Crippen LogP contribution < -0.4 is 11.5 Å².